The van der Waals surface area contributed by atoms with Gasteiger partial charge >= 0.3 is 0 Å². The van der Waals surface area contributed by atoms with E-state index in [-0.39, 0.29) is 17.0 Å². The summed E-state index contributed by atoms with van der Waals surface area (Å²) in [6, 6.07) is 30.6. The lowest BCUT2D eigenvalue weighted by atomic mass is 9.65. The van der Waals surface area contributed by atoms with Crippen molar-refractivity contribution in [1.82, 2.24) is 0 Å². The molecule has 3 heteroatoms. The Labute approximate surface area is 238 Å². The minimum absolute atomic E-state index is 0.0115. The highest BCUT2D eigenvalue weighted by molar-refractivity contribution is 6.08. The molecule has 9 rings (SSSR count). The SMILES string of the molecule is Fc1ccc(C2(c3ccc(F)cc3)C=Cc3c4c(c5ccccc5c3O2)-c2ccccc2C42CC3CCC2C3)cc1. The minimum atomic E-state index is -1.03. The van der Waals surface area contributed by atoms with E-state index in [2.05, 4.69) is 60.7 Å². The van der Waals surface area contributed by atoms with Gasteiger partial charge < -0.3 is 4.74 Å². The second-order valence-electron chi connectivity index (χ2n) is 12.3. The van der Waals surface area contributed by atoms with E-state index in [1.165, 1.54) is 77.6 Å². The Morgan fingerprint density at radius 1 is 0.707 bits per heavy atom. The molecule has 1 aliphatic heterocycles. The summed E-state index contributed by atoms with van der Waals surface area (Å²) in [5.41, 5.74) is 7.32. The number of rotatable bonds is 2. The van der Waals surface area contributed by atoms with Crippen molar-refractivity contribution < 1.29 is 13.5 Å². The first kappa shape index (κ1) is 23.5. The number of fused-ring (bicyclic) bond motifs is 13. The van der Waals surface area contributed by atoms with Crippen LogP contribution in [0.25, 0.3) is 28.0 Å². The lowest BCUT2D eigenvalue weighted by Crippen LogP contribution is -2.36. The summed E-state index contributed by atoms with van der Waals surface area (Å²) in [5, 5.41) is 2.27. The molecule has 0 radical (unpaired) electrons. The van der Waals surface area contributed by atoms with E-state index in [0.29, 0.717) is 5.92 Å². The van der Waals surface area contributed by atoms with Gasteiger partial charge in [-0.1, -0.05) is 85.3 Å². The highest BCUT2D eigenvalue weighted by atomic mass is 19.1. The van der Waals surface area contributed by atoms with E-state index < -0.39 is 5.60 Å². The van der Waals surface area contributed by atoms with Gasteiger partial charge in [-0.05, 0) is 89.1 Å². The molecule has 200 valence electrons. The van der Waals surface area contributed by atoms with Crippen LogP contribution >= 0.6 is 0 Å². The molecular formula is C38H28F2O. The topological polar surface area (TPSA) is 9.23 Å². The van der Waals surface area contributed by atoms with Crippen molar-refractivity contribution in [3.8, 4) is 16.9 Å². The van der Waals surface area contributed by atoms with Crippen molar-refractivity contribution in [2.45, 2.75) is 36.7 Å². The van der Waals surface area contributed by atoms with E-state index in [1.54, 1.807) is 24.3 Å². The van der Waals surface area contributed by atoms with Crippen molar-refractivity contribution in [3.63, 3.8) is 0 Å². The highest BCUT2D eigenvalue weighted by Gasteiger charge is 2.58. The summed E-state index contributed by atoms with van der Waals surface area (Å²) in [4.78, 5) is 0. The molecule has 4 aliphatic rings. The summed E-state index contributed by atoms with van der Waals surface area (Å²) in [6.45, 7) is 0. The standard InChI is InChI=1S/C38H28F2O/c39-27-15-11-24(12-16-27)38(25-13-17-28(40)18-14-25)20-19-32-35-34(29-5-1-2-6-30(29)36(32)41-38)31-7-3-4-8-33(31)37(35)22-23-9-10-26(37)21-23/h1-8,11-20,23,26H,9-10,21-22H2. The molecule has 0 amide bonds. The van der Waals surface area contributed by atoms with Crippen molar-refractivity contribution in [1.29, 1.82) is 0 Å². The number of ether oxygens (including phenoxy) is 1. The predicted molar refractivity (Wildman–Crippen MR) is 159 cm³/mol. The van der Waals surface area contributed by atoms with Gasteiger partial charge in [-0.2, -0.15) is 0 Å². The first-order chi connectivity index (χ1) is 20.1. The van der Waals surface area contributed by atoms with Gasteiger partial charge in [0.2, 0.25) is 0 Å². The zero-order valence-electron chi connectivity index (χ0n) is 22.5. The molecule has 41 heavy (non-hydrogen) atoms. The zero-order valence-corrected chi connectivity index (χ0v) is 22.5. The summed E-state index contributed by atoms with van der Waals surface area (Å²) in [7, 11) is 0. The van der Waals surface area contributed by atoms with Crippen molar-refractivity contribution in [3.05, 3.63) is 143 Å². The maximum absolute atomic E-state index is 14.1. The van der Waals surface area contributed by atoms with Crippen LogP contribution in [0.3, 0.4) is 0 Å². The van der Waals surface area contributed by atoms with Gasteiger partial charge in [0, 0.05) is 27.5 Å². The van der Waals surface area contributed by atoms with Gasteiger partial charge in [0.15, 0.2) is 5.60 Å². The Balaban J connectivity index is 1.37. The molecule has 2 bridgehead atoms. The van der Waals surface area contributed by atoms with Crippen LogP contribution in [0, 0.1) is 23.5 Å². The van der Waals surface area contributed by atoms with Crippen LogP contribution in [0.15, 0.2) is 103 Å². The Morgan fingerprint density at radius 2 is 1.37 bits per heavy atom. The third kappa shape index (κ3) is 2.99. The molecule has 5 aromatic carbocycles. The van der Waals surface area contributed by atoms with E-state index in [0.717, 1.165) is 33.7 Å². The molecule has 3 unspecified atom stereocenters. The first-order valence-electron chi connectivity index (χ1n) is 14.7. The second-order valence-corrected chi connectivity index (χ2v) is 12.3. The lowest BCUT2D eigenvalue weighted by Gasteiger charge is -2.41. The Hall–Kier alpha value is -4.24. The van der Waals surface area contributed by atoms with Gasteiger partial charge in [-0.15, -0.1) is 0 Å². The average molecular weight is 539 g/mol. The van der Waals surface area contributed by atoms with E-state index >= 15 is 0 Å². The smallest absolute Gasteiger partial charge is 0.178 e. The summed E-state index contributed by atoms with van der Waals surface area (Å²) < 4.78 is 35.5. The van der Waals surface area contributed by atoms with Gasteiger partial charge in [0.25, 0.3) is 0 Å². The second kappa shape index (κ2) is 8.16. The van der Waals surface area contributed by atoms with Crippen molar-refractivity contribution in [2.24, 2.45) is 11.8 Å². The third-order valence-electron chi connectivity index (χ3n) is 10.5. The number of hydrogen-bond acceptors (Lipinski definition) is 1. The van der Waals surface area contributed by atoms with Gasteiger partial charge in [-0.25, -0.2) is 8.78 Å². The summed E-state index contributed by atoms with van der Waals surface area (Å²) in [6.07, 6.45) is 9.41. The normalized spacial score (nSPS) is 24.3. The van der Waals surface area contributed by atoms with Crippen molar-refractivity contribution >= 4 is 16.8 Å². The Kier molecular flexibility index (Phi) is 4.67. The van der Waals surface area contributed by atoms with E-state index in [1.807, 2.05) is 0 Å². The minimum Gasteiger partial charge on any atom is -0.472 e. The first-order valence-corrected chi connectivity index (χ1v) is 14.7. The molecule has 0 saturated heterocycles. The number of benzene rings is 5. The molecule has 2 saturated carbocycles. The molecule has 3 atom stereocenters. The molecule has 0 N–H and O–H groups in total. The Morgan fingerprint density at radius 3 is 2.02 bits per heavy atom. The number of halogens is 2. The maximum atomic E-state index is 14.1. The van der Waals surface area contributed by atoms with Crippen molar-refractivity contribution in [2.75, 3.05) is 0 Å². The van der Waals surface area contributed by atoms with E-state index in [9.17, 15) is 8.78 Å². The summed E-state index contributed by atoms with van der Waals surface area (Å²) in [5.74, 6) is 1.62. The molecule has 1 spiro atoms. The molecule has 5 aromatic rings. The van der Waals surface area contributed by atoms with Gasteiger partial charge in [-0.3, -0.25) is 0 Å². The third-order valence-corrected chi connectivity index (χ3v) is 10.5. The van der Waals surface area contributed by atoms with Crippen LogP contribution in [-0.2, 0) is 11.0 Å². The fourth-order valence-corrected chi connectivity index (χ4v) is 8.90. The fraction of sp³-hybridized carbons (Fsp3) is 0.211. The van der Waals surface area contributed by atoms with Crippen LogP contribution in [0.2, 0.25) is 0 Å². The Bertz CT molecular complexity index is 1860. The highest BCUT2D eigenvalue weighted by Crippen LogP contribution is 2.68. The van der Waals surface area contributed by atoms with Crippen LogP contribution in [0.1, 0.15) is 53.5 Å². The van der Waals surface area contributed by atoms with Crippen LogP contribution < -0.4 is 4.74 Å². The predicted octanol–water partition coefficient (Wildman–Crippen LogP) is 9.55. The van der Waals surface area contributed by atoms with Crippen LogP contribution in [0.5, 0.6) is 5.75 Å². The van der Waals surface area contributed by atoms with Crippen LogP contribution in [-0.4, -0.2) is 0 Å². The summed E-state index contributed by atoms with van der Waals surface area (Å²) >= 11 is 0. The fourth-order valence-electron chi connectivity index (χ4n) is 8.90. The maximum Gasteiger partial charge on any atom is 0.178 e. The average Bonchev–Trinajstić information content (AvgIpc) is 3.71. The molecule has 0 aromatic heterocycles. The molecule has 2 fully saturated rings. The molecule has 1 heterocycles. The van der Waals surface area contributed by atoms with E-state index in [4.69, 9.17) is 4.74 Å². The molecule has 3 aliphatic carbocycles. The van der Waals surface area contributed by atoms with Gasteiger partial charge in [0.1, 0.15) is 17.4 Å². The largest absolute Gasteiger partial charge is 0.472 e. The lowest BCUT2D eigenvalue weighted by molar-refractivity contribution is 0.162. The van der Waals surface area contributed by atoms with Crippen LogP contribution in [0.4, 0.5) is 8.78 Å². The monoisotopic (exact) mass is 538 g/mol. The van der Waals surface area contributed by atoms with Gasteiger partial charge in [0.05, 0.1) is 0 Å². The zero-order chi connectivity index (χ0) is 27.3. The molecule has 1 nitrogen and oxygen atoms in total. The quantitative estimate of drug-likeness (QED) is 0.217. The number of hydrogen-bond donors (Lipinski definition) is 0. The molecular weight excluding hydrogens is 510 g/mol.